The number of carbonyl (C=O) groups excluding carboxylic acids is 1. The molecule has 0 unspecified atom stereocenters. The second kappa shape index (κ2) is 5.64. The minimum atomic E-state index is -0.115. The molecule has 0 spiro atoms. The molecule has 0 bridgehead atoms. The van der Waals surface area contributed by atoms with Crippen molar-refractivity contribution in [1.82, 2.24) is 4.98 Å². The highest BCUT2D eigenvalue weighted by molar-refractivity contribution is 9.10. The summed E-state index contributed by atoms with van der Waals surface area (Å²) in [6.45, 7) is 0. The predicted octanol–water partition coefficient (Wildman–Crippen LogP) is 2.61. The quantitative estimate of drug-likeness (QED) is 0.916. The van der Waals surface area contributed by atoms with Gasteiger partial charge in [0, 0.05) is 22.4 Å². The monoisotopic (exact) mass is 305 g/mol. The highest BCUT2D eigenvalue weighted by atomic mass is 79.9. The molecule has 0 atom stereocenters. The number of carbonyl (C=O) groups is 1. The molecule has 1 heterocycles. The van der Waals surface area contributed by atoms with Crippen LogP contribution in [0, 0.1) is 0 Å². The number of anilines is 2. The van der Waals surface area contributed by atoms with Crippen LogP contribution in [0.1, 0.15) is 5.56 Å². The van der Waals surface area contributed by atoms with E-state index in [1.54, 1.807) is 18.3 Å². The fourth-order valence-corrected chi connectivity index (χ4v) is 1.75. The Morgan fingerprint density at radius 2 is 2.00 bits per heavy atom. The zero-order chi connectivity index (χ0) is 13.0. The second-order valence-corrected chi connectivity index (χ2v) is 4.74. The van der Waals surface area contributed by atoms with Crippen LogP contribution < -0.4 is 11.1 Å². The van der Waals surface area contributed by atoms with Gasteiger partial charge in [-0.25, -0.2) is 4.98 Å². The molecule has 4 nitrogen and oxygen atoms in total. The lowest BCUT2D eigenvalue weighted by Gasteiger charge is -2.05. The van der Waals surface area contributed by atoms with Crippen molar-refractivity contribution in [3.05, 3.63) is 52.6 Å². The summed E-state index contributed by atoms with van der Waals surface area (Å²) in [5.74, 6) is 0.354. The molecule has 1 aromatic carbocycles. The Labute approximate surface area is 113 Å². The molecule has 0 fully saturated rings. The maximum absolute atomic E-state index is 11.8. The summed E-state index contributed by atoms with van der Waals surface area (Å²) in [5, 5.41) is 2.70. The molecule has 5 heteroatoms. The summed E-state index contributed by atoms with van der Waals surface area (Å²) < 4.78 is 0.990. The Kier molecular flexibility index (Phi) is 3.94. The van der Waals surface area contributed by atoms with Gasteiger partial charge in [-0.2, -0.15) is 0 Å². The Morgan fingerprint density at radius 3 is 2.67 bits per heavy atom. The minimum absolute atomic E-state index is 0.115. The first-order valence-electron chi connectivity index (χ1n) is 5.39. The molecule has 1 amide bonds. The Hall–Kier alpha value is -1.88. The molecule has 18 heavy (non-hydrogen) atoms. The highest BCUT2D eigenvalue weighted by Gasteiger charge is 2.05. The maximum atomic E-state index is 11.8. The third-order valence-electron chi connectivity index (χ3n) is 2.33. The van der Waals surface area contributed by atoms with Crippen molar-refractivity contribution in [2.75, 3.05) is 11.1 Å². The van der Waals surface area contributed by atoms with E-state index in [-0.39, 0.29) is 5.91 Å². The van der Waals surface area contributed by atoms with Crippen molar-refractivity contribution < 1.29 is 4.79 Å². The smallest absolute Gasteiger partial charge is 0.229 e. The number of rotatable bonds is 3. The maximum Gasteiger partial charge on any atom is 0.229 e. The van der Waals surface area contributed by atoms with Crippen molar-refractivity contribution in [3.8, 4) is 0 Å². The Balaban J connectivity index is 1.98. The van der Waals surface area contributed by atoms with Gasteiger partial charge in [-0.15, -0.1) is 0 Å². The normalized spacial score (nSPS) is 10.1. The lowest BCUT2D eigenvalue weighted by Crippen LogP contribution is -2.15. The zero-order valence-corrected chi connectivity index (χ0v) is 11.1. The van der Waals surface area contributed by atoms with Gasteiger partial charge < -0.3 is 11.1 Å². The molecule has 0 saturated carbocycles. The van der Waals surface area contributed by atoms with E-state index in [1.165, 1.54) is 0 Å². The molecule has 3 N–H and O–H groups in total. The molecular weight excluding hydrogens is 294 g/mol. The van der Waals surface area contributed by atoms with Gasteiger partial charge in [-0.3, -0.25) is 4.79 Å². The van der Waals surface area contributed by atoms with Gasteiger partial charge in [-0.05, 0) is 23.8 Å². The predicted molar refractivity (Wildman–Crippen MR) is 75.1 cm³/mol. The third-order valence-corrected chi connectivity index (χ3v) is 2.86. The van der Waals surface area contributed by atoms with E-state index in [1.807, 2.05) is 24.3 Å². The number of nitrogen functional groups attached to an aromatic ring is 1. The summed E-state index contributed by atoms with van der Waals surface area (Å²) >= 11 is 3.35. The van der Waals surface area contributed by atoms with Crippen LogP contribution in [-0.2, 0) is 11.2 Å². The molecule has 2 aromatic rings. The number of halogens is 1. The summed E-state index contributed by atoms with van der Waals surface area (Å²) in [7, 11) is 0. The number of hydrogen-bond acceptors (Lipinski definition) is 3. The van der Waals surface area contributed by atoms with Gasteiger partial charge >= 0.3 is 0 Å². The summed E-state index contributed by atoms with van der Waals surface area (Å²) in [5.41, 5.74) is 7.12. The number of amides is 1. The first kappa shape index (κ1) is 12.6. The third kappa shape index (κ3) is 3.56. The highest BCUT2D eigenvalue weighted by Crippen LogP contribution is 2.12. The number of aromatic nitrogens is 1. The molecular formula is C13H12BrN3O. The van der Waals surface area contributed by atoms with E-state index in [4.69, 9.17) is 5.73 Å². The lowest BCUT2D eigenvalue weighted by atomic mass is 10.1. The first-order chi connectivity index (χ1) is 8.63. The van der Waals surface area contributed by atoms with Gasteiger partial charge in [0.25, 0.3) is 0 Å². The second-order valence-electron chi connectivity index (χ2n) is 3.83. The minimum Gasteiger partial charge on any atom is -0.399 e. The molecule has 0 aliphatic carbocycles. The molecule has 92 valence electrons. The largest absolute Gasteiger partial charge is 0.399 e. The van der Waals surface area contributed by atoms with Crippen LogP contribution in [0.25, 0.3) is 0 Å². The topological polar surface area (TPSA) is 68.0 Å². The van der Waals surface area contributed by atoms with Crippen molar-refractivity contribution >= 4 is 33.3 Å². The van der Waals surface area contributed by atoms with Gasteiger partial charge in [0.1, 0.15) is 5.82 Å². The van der Waals surface area contributed by atoms with E-state index < -0.39 is 0 Å². The van der Waals surface area contributed by atoms with Gasteiger partial charge in [0.2, 0.25) is 5.91 Å². The van der Waals surface area contributed by atoms with Crippen LogP contribution in [0.4, 0.5) is 11.5 Å². The van der Waals surface area contributed by atoms with Crippen molar-refractivity contribution in [2.24, 2.45) is 0 Å². The van der Waals surface area contributed by atoms with Crippen LogP contribution in [0.5, 0.6) is 0 Å². The van der Waals surface area contributed by atoms with Crippen molar-refractivity contribution in [3.63, 3.8) is 0 Å². The first-order valence-corrected chi connectivity index (χ1v) is 6.18. The van der Waals surface area contributed by atoms with Crippen LogP contribution in [0.2, 0.25) is 0 Å². The number of benzene rings is 1. The summed E-state index contributed by atoms with van der Waals surface area (Å²) in [6, 6.07) is 10.9. The average Bonchev–Trinajstić information content (AvgIpc) is 2.32. The van der Waals surface area contributed by atoms with E-state index in [9.17, 15) is 4.79 Å². The van der Waals surface area contributed by atoms with E-state index in [2.05, 4.69) is 26.2 Å². The molecule has 0 aliphatic rings. The molecule has 2 rings (SSSR count). The standard InChI is InChI=1S/C13H12BrN3O/c14-10-3-1-9(2-4-10)7-13(18)17-12-8-11(15)5-6-16-12/h1-6,8H,7H2,(H3,15,16,17,18). The number of nitrogens with one attached hydrogen (secondary N) is 1. The van der Waals surface area contributed by atoms with E-state index in [0.717, 1.165) is 10.0 Å². The van der Waals surface area contributed by atoms with Gasteiger partial charge in [-0.1, -0.05) is 28.1 Å². The van der Waals surface area contributed by atoms with Gasteiger partial charge in [0.05, 0.1) is 6.42 Å². The number of nitrogens with two attached hydrogens (primary N) is 1. The molecule has 0 radical (unpaired) electrons. The number of nitrogens with zero attached hydrogens (tertiary/aromatic N) is 1. The van der Waals surface area contributed by atoms with Crippen LogP contribution in [0.3, 0.4) is 0 Å². The number of hydrogen-bond donors (Lipinski definition) is 2. The molecule has 0 saturated heterocycles. The van der Waals surface area contributed by atoms with Gasteiger partial charge in [0.15, 0.2) is 0 Å². The average molecular weight is 306 g/mol. The van der Waals surface area contributed by atoms with Crippen LogP contribution in [0.15, 0.2) is 47.1 Å². The Morgan fingerprint density at radius 1 is 1.28 bits per heavy atom. The van der Waals surface area contributed by atoms with E-state index in [0.29, 0.717) is 17.9 Å². The van der Waals surface area contributed by atoms with E-state index >= 15 is 0 Å². The molecule has 0 aliphatic heterocycles. The van der Waals surface area contributed by atoms with Crippen LogP contribution >= 0.6 is 15.9 Å². The zero-order valence-electron chi connectivity index (χ0n) is 9.56. The summed E-state index contributed by atoms with van der Waals surface area (Å²) in [4.78, 5) is 15.8. The summed E-state index contributed by atoms with van der Waals surface area (Å²) in [6.07, 6.45) is 1.87. The fourth-order valence-electron chi connectivity index (χ4n) is 1.49. The van der Waals surface area contributed by atoms with Crippen molar-refractivity contribution in [2.45, 2.75) is 6.42 Å². The van der Waals surface area contributed by atoms with Crippen molar-refractivity contribution in [1.29, 1.82) is 0 Å². The molecule has 1 aromatic heterocycles. The Bertz CT molecular complexity index is 554. The lowest BCUT2D eigenvalue weighted by molar-refractivity contribution is -0.115. The van der Waals surface area contributed by atoms with Crippen LogP contribution in [-0.4, -0.2) is 10.9 Å². The number of pyridine rings is 1. The SMILES string of the molecule is Nc1ccnc(NC(=O)Cc2ccc(Br)cc2)c1. The fraction of sp³-hybridized carbons (Fsp3) is 0.0769.